The average Bonchev–Trinajstić information content (AvgIpc) is 3.07. The zero-order chi connectivity index (χ0) is 21.4. The van der Waals surface area contributed by atoms with Gasteiger partial charge in [-0.15, -0.1) is 0 Å². The van der Waals surface area contributed by atoms with Crippen molar-refractivity contribution in [3.8, 4) is 0 Å². The molecule has 2 aromatic rings. The number of alkyl halides is 3. The minimum Gasteiger partial charge on any atom is -0.862 e. The second-order valence-corrected chi connectivity index (χ2v) is 7.73. The second-order valence-electron chi connectivity index (χ2n) is 6.85. The lowest BCUT2D eigenvalue weighted by atomic mass is 9.86. The largest absolute Gasteiger partial charge is 0.862 e. The van der Waals surface area contributed by atoms with E-state index in [1.807, 2.05) is 6.92 Å². The fourth-order valence-corrected chi connectivity index (χ4v) is 3.74. The van der Waals surface area contributed by atoms with Gasteiger partial charge in [-0.2, -0.15) is 13.2 Å². The van der Waals surface area contributed by atoms with E-state index in [9.17, 15) is 18.3 Å². The first-order valence-electron chi connectivity index (χ1n) is 8.64. The van der Waals surface area contributed by atoms with Gasteiger partial charge in [0.05, 0.1) is 5.71 Å². The Balaban J connectivity index is 1.97. The van der Waals surface area contributed by atoms with Crippen LogP contribution in [0, 0.1) is 12.3 Å². The molecule has 0 saturated carbocycles. The molecule has 0 spiro atoms. The summed E-state index contributed by atoms with van der Waals surface area (Å²) in [6.45, 7) is 1.83. The highest BCUT2D eigenvalue weighted by Crippen LogP contribution is 2.49. The van der Waals surface area contributed by atoms with E-state index in [2.05, 4.69) is 5.16 Å². The molecule has 1 aliphatic heterocycles. The van der Waals surface area contributed by atoms with Gasteiger partial charge in [-0.3, -0.25) is 0 Å². The first kappa shape index (κ1) is 21.5. The molecular weight excluding hydrogens is 428 g/mol. The molecule has 0 aliphatic carbocycles. The van der Waals surface area contributed by atoms with Gasteiger partial charge in [-0.1, -0.05) is 40.5 Å². The van der Waals surface area contributed by atoms with E-state index < -0.39 is 24.1 Å². The van der Waals surface area contributed by atoms with Crippen LogP contribution >= 0.6 is 23.2 Å². The number of hydrogen-bond donors (Lipinski definition) is 1. The summed E-state index contributed by atoms with van der Waals surface area (Å²) in [5.74, 6) is -0.703. The highest BCUT2D eigenvalue weighted by Gasteiger charge is 2.62. The van der Waals surface area contributed by atoms with Crippen LogP contribution in [0.15, 0.2) is 41.6 Å². The molecule has 1 heterocycles. The van der Waals surface area contributed by atoms with Gasteiger partial charge < -0.3 is 15.4 Å². The van der Waals surface area contributed by atoms with Gasteiger partial charge in [0.2, 0.25) is 0 Å². The third-order valence-corrected chi connectivity index (χ3v) is 5.26. The first-order valence-corrected chi connectivity index (χ1v) is 9.40. The molecule has 0 bridgehead atoms. The minimum absolute atomic E-state index is 0.0285. The minimum atomic E-state index is -4.77. The van der Waals surface area contributed by atoms with Gasteiger partial charge in [0.25, 0.3) is 5.60 Å². The molecule has 4 nitrogen and oxygen atoms in total. The van der Waals surface area contributed by atoms with E-state index in [4.69, 9.17) is 33.4 Å². The van der Waals surface area contributed by atoms with Gasteiger partial charge >= 0.3 is 6.18 Å². The summed E-state index contributed by atoms with van der Waals surface area (Å²) in [5.41, 5.74) is -0.703. The van der Waals surface area contributed by atoms with Crippen molar-refractivity contribution in [2.24, 2.45) is 5.16 Å². The number of halogens is 5. The van der Waals surface area contributed by atoms with Crippen molar-refractivity contribution in [1.29, 1.82) is 5.41 Å². The van der Waals surface area contributed by atoms with E-state index >= 15 is 0 Å². The van der Waals surface area contributed by atoms with Crippen LogP contribution < -0.4 is 5.11 Å². The Kier molecular flexibility index (Phi) is 5.83. The number of aryl methyl sites for hydroxylation is 2. The molecule has 1 N–H and O–H groups in total. The van der Waals surface area contributed by atoms with Gasteiger partial charge in [0, 0.05) is 22.0 Å². The van der Waals surface area contributed by atoms with Crippen LogP contribution in [0.4, 0.5) is 13.2 Å². The Labute approximate surface area is 175 Å². The van der Waals surface area contributed by atoms with Gasteiger partial charge in [-0.25, -0.2) is 0 Å². The predicted molar refractivity (Wildman–Crippen MR) is 104 cm³/mol. The lowest BCUT2D eigenvalue weighted by molar-refractivity contribution is -0.275. The molecule has 0 amide bonds. The second kappa shape index (κ2) is 7.88. The molecule has 2 aromatic carbocycles. The Bertz CT molecular complexity index is 972. The van der Waals surface area contributed by atoms with Crippen molar-refractivity contribution in [1.82, 2.24) is 0 Å². The topological polar surface area (TPSA) is 68.5 Å². The summed E-state index contributed by atoms with van der Waals surface area (Å²) in [6.07, 6.45) is -4.96. The van der Waals surface area contributed by atoms with Crippen molar-refractivity contribution in [3.05, 3.63) is 68.7 Å². The quantitative estimate of drug-likeness (QED) is 0.512. The molecule has 9 heteroatoms. The Hall–Kier alpha value is -2.25. The van der Waals surface area contributed by atoms with E-state index in [1.54, 1.807) is 18.2 Å². The number of oxime groups is 1. The Morgan fingerprint density at radius 1 is 1.21 bits per heavy atom. The van der Waals surface area contributed by atoms with Crippen LogP contribution in [0.1, 0.15) is 35.1 Å². The molecule has 1 unspecified atom stereocenters. The predicted octanol–water partition coefficient (Wildman–Crippen LogP) is 5.15. The van der Waals surface area contributed by atoms with Crippen molar-refractivity contribution < 1.29 is 23.1 Å². The van der Waals surface area contributed by atoms with Crippen molar-refractivity contribution >= 4 is 34.8 Å². The van der Waals surface area contributed by atoms with E-state index in [-0.39, 0.29) is 27.7 Å². The van der Waals surface area contributed by atoms with E-state index in [0.29, 0.717) is 12.0 Å². The molecule has 1 aliphatic rings. The lowest BCUT2D eigenvalue weighted by Gasteiger charge is -2.29. The molecule has 154 valence electrons. The van der Waals surface area contributed by atoms with Gasteiger partial charge in [0.1, 0.15) is 0 Å². The fourth-order valence-electron chi connectivity index (χ4n) is 3.21. The summed E-state index contributed by atoms with van der Waals surface area (Å²) in [7, 11) is 0. The van der Waals surface area contributed by atoms with Crippen molar-refractivity contribution in [2.45, 2.75) is 38.0 Å². The van der Waals surface area contributed by atoms with Crippen LogP contribution in [0.2, 0.25) is 10.0 Å². The third-order valence-electron chi connectivity index (χ3n) is 4.82. The normalized spacial score (nSPS) is 19.0. The maximum Gasteiger partial charge on any atom is 0.435 e. The average molecular weight is 444 g/mol. The molecule has 0 aromatic heterocycles. The molecule has 3 rings (SSSR count). The highest BCUT2D eigenvalue weighted by atomic mass is 35.5. The summed E-state index contributed by atoms with van der Waals surface area (Å²) in [6, 6.07) is 8.75. The van der Waals surface area contributed by atoms with Crippen LogP contribution in [-0.2, 0) is 16.9 Å². The smallest absolute Gasteiger partial charge is 0.435 e. The van der Waals surface area contributed by atoms with Gasteiger partial charge in [-0.05, 0) is 66.6 Å². The molecule has 29 heavy (non-hydrogen) atoms. The maximum atomic E-state index is 14.1. The zero-order valence-corrected chi connectivity index (χ0v) is 16.8. The van der Waals surface area contributed by atoms with Crippen LogP contribution in [-0.4, -0.2) is 17.8 Å². The van der Waals surface area contributed by atoms with Crippen LogP contribution in [0.5, 0.6) is 0 Å². The SMILES string of the molecule is Cc1ccc(C2=NOC(c3cc(Cl)cc(Cl)c3)(C(F)(F)F)C2)cc1CCC(=N)[O-]. The van der Waals surface area contributed by atoms with Crippen LogP contribution in [0.3, 0.4) is 0 Å². The number of nitrogens with one attached hydrogen (secondary N) is 1. The molecular formula is C20H16Cl2F3N2O2-. The maximum absolute atomic E-state index is 14.1. The monoisotopic (exact) mass is 443 g/mol. The van der Waals surface area contributed by atoms with E-state index in [0.717, 1.165) is 11.1 Å². The number of nitrogens with zero attached hydrogens (tertiary/aromatic N) is 1. The lowest BCUT2D eigenvalue weighted by Crippen LogP contribution is -2.42. The summed E-state index contributed by atoms with van der Waals surface area (Å²) < 4.78 is 42.2. The van der Waals surface area contributed by atoms with Crippen LogP contribution in [0.25, 0.3) is 0 Å². The van der Waals surface area contributed by atoms with Crippen molar-refractivity contribution in [3.63, 3.8) is 0 Å². The highest BCUT2D eigenvalue weighted by molar-refractivity contribution is 6.34. The fraction of sp³-hybridized carbons (Fsp3) is 0.300. The standard InChI is InChI=1S/C20H17Cl2F3N2O2/c1-11-2-3-13(6-12(11)4-5-18(26)28)17-10-19(29-27-17,20(23,24)25)14-7-15(21)9-16(22)8-14/h2-3,6-9H,4-5,10H2,1H3,(H2,26,28)/p-1. The molecule has 0 fully saturated rings. The molecule has 0 saturated heterocycles. The summed E-state index contributed by atoms with van der Waals surface area (Å²) >= 11 is 11.8. The number of benzene rings is 2. The van der Waals surface area contributed by atoms with Crippen molar-refractivity contribution in [2.75, 3.05) is 0 Å². The number of rotatable bonds is 5. The number of hydrogen-bond acceptors (Lipinski definition) is 4. The third kappa shape index (κ3) is 4.36. The van der Waals surface area contributed by atoms with E-state index in [1.165, 1.54) is 18.2 Å². The zero-order valence-electron chi connectivity index (χ0n) is 15.2. The molecule has 1 atom stereocenters. The molecule has 0 radical (unpaired) electrons. The summed E-state index contributed by atoms with van der Waals surface area (Å²) in [5, 5.41) is 21.8. The first-order chi connectivity index (χ1) is 13.5. The Morgan fingerprint density at radius 3 is 2.45 bits per heavy atom. The summed E-state index contributed by atoms with van der Waals surface area (Å²) in [4.78, 5) is 5.00. The Morgan fingerprint density at radius 2 is 1.86 bits per heavy atom. The van der Waals surface area contributed by atoms with Gasteiger partial charge in [0.15, 0.2) is 0 Å².